The zero-order valence-electron chi connectivity index (χ0n) is 8.52. The number of thiocarbonyl (C=S) groups is 1. The van der Waals surface area contributed by atoms with Gasteiger partial charge in [-0.3, -0.25) is 9.69 Å². The first-order valence-corrected chi connectivity index (χ1v) is 6.98. The SMILES string of the molecule is CN1C(=O)C(C)(C)N(CS(=O)(=O)Cl)C1=S. The predicted octanol–water partition coefficient (Wildman–Crippen LogP) is 0.350. The van der Waals surface area contributed by atoms with Crippen molar-refractivity contribution in [2.45, 2.75) is 19.4 Å². The van der Waals surface area contributed by atoms with Crippen LogP contribution in [0.15, 0.2) is 0 Å². The highest BCUT2D eigenvalue weighted by Crippen LogP contribution is 2.27. The van der Waals surface area contributed by atoms with Crippen LogP contribution in [-0.2, 0) is 13.8 Å². The molecule has 0 N–H and O–H groups in total. The maximum absolute atomic E-state index is 11.7. The molecule has 0 unspecified atom stereocenters. The fourth-order valence-corrected chi connectivity index (χ4v) is 2.91. The smallest absolute Gasteiger partial charge is 0.253 e. The third-order valence-corrected chi connectivity index (χ3v) is 3.66. The highest BCUT2D eigenvalue weighted by molar-refractivity contribution is 8.13. The van der Waals surface area contributed by atoms with E-state index in [1.807, 2.05) is 0 Å². The molecule has 0 bridgehead atoms. The maximum Gasteiger partial charge on any atom is 0.253 e. The molecule has 0 aromatic heterocycles. The third kappa shape index (κ3) is 2.24. The number of halogens is 1. The fraction of sp³-hybridized carbons (Fsp3) is 0.714. The summed E-state index contributed by atoms with van der Waals surface area (Å²) >= 11 is 4.97. The summed E-state index contributed by atoms with van der Waals surface area (Å²) in [5.41, 5.74) is -0.964. The quantitative estimate of drug-likeness (QED) is 0.535. The molecule has 1 aliphatic rings. The molecule has 1 saturated heterocycles. The molecule has 1 amide bonds. The molecule has 1 heterocycles. The molecule has 0 aromatic carbocycles. The molecule has 5 nitrogen and oxygen atoms in total. The Hall–Kier alpha value is -0.400. The van der Waals surface area contributed by atoms with Crippen molar-refractivity contribution in [1.82, 2.24) is 9.80 Å². The average molecular weight is 271 g/mol. The summed E-state index contributed by atoms with van der Waals surface area (Å²) in [7, 11) is 2.92. The van der Waals surface area contributed by atoms with Crippen LogP contribution in [0, 0.1) is 0 Å². The van der Waals surface area contributed by atoms with Gasteiger partial charge in [-0.2, -0.15) is 0 Å². The minimum absolute atomic E-state index is 0.175. The largest absolute Gasteiger partial charge is 0.319 e. The zero-order chi connectivity index (χ0) is 12.0. The van der Waals surface area contributed by atoms with E-state index in [9.17, 15) is 13.2 Å². The van der Waals surface area contributed by atoms with Crippen molar-refractivity contribution in [2.75, 3.05) is 12.9 Å². The molecule has 0 radical (unpaired) electrons. The van der Waals surface area contributed by atoms with Crippen LogP contribution >= 0.6 is 22.9 Å². The standard InChI is InChI=1S/C7H11ClN2O3S2/c1-7(2)5(11)9(3)6(14)10(7)4-15(8,12)13/h4H2,1-3H3. The van der Waals surface area contributed by atoms with E-state index in [4.69, 9.17) is 22.9 Å². The number of amides is 1. The Balaban J connectivity index is 3.09. The Morgan fingerprint density at radius 2 is 1.93 bits per heavy atom. The summed E-state index contributed by atoms with van der Waals surface area (Å²) in [6.45, 7) is 3.21. The number of carbonyl (C=O) groups is 1. The van der Waals surface area contributed by atoms with E-state index < -0.39 is 20.5 Å². The fourth-order valence-electron chi connectivity index (χ4n) is 1.40. The van der Waals surface area contributed by atoms with Gasteiger partial charge in [0, 0.05) is 17.7 Å². The highest BCUT2D eigenvalue weighted by atomic mass is 35.7. The predicted molar refractivity (Wildman–Crippen MR) is 60.9 cm³/mol. The molecule has 1 aliphatic heterocycles. The van der Waals surface area contributed by atoms with E-state index in [0.29, 0.717) is 0 Å². The van der Waals surface area contributed by atoms with Gasteiger partial charge in [0.2, 0.25) is 0 Å². The molecular formula is C7H11ClN2O3S2. The van der Waals surface area contributed by atoms with Gasteiger partial charge >= 0.3 is 0 Å². The molecule has 0 atom stereocenters. The van der Waals surface area contributed by atoms with E-state index in [1.54, 1.807) is 13.8 Å². The lowest BCUT2D eigenvalue weighted by Crippen LogP contribution is -2.45. The van der Waals surface area contributed by atoms with Gasteiger partial charge in [0.15, 0.2) is 5.11 Å². The van der Waals surface area contributed by atoms with Crippen molar-refractivity contribution in [3.63, 3.8) is 0 Å². The highest BCUT2D eigenvalue weighted by Gasteiger charge is 2.48. The summed E-state index contributed by atoms with van der Waals surface area (Å²) in [6.07, 6.45) is 0. The average Bonchev–Trinajstić information content (AvgIpc) is 2.18. The van der Waals surface area contributed by atoms with Gasteiger partial charge in [-0.1, -0.05) is 0 Å². The van der Waals surface area contributed by atoms with Crippen LogP contribution in [0.5, 0.6) is 0 Å². The Labute approximate surface area is 98.4 Å². The van der Waals surface area contributed by atoms with Gasteiger partial charge < -0.3 is 4.90 Å². The number of hydrogen-bond acceptors (Lipinski definition) is 4. The number of nitrogens with zero attached hydrogens (tertiary/aromatic N) is 2. The van der Waals surface area contributed by atoms with Gasteiger partial charge in [-0.25, -0.2) is 8.42 Å². The summed E-state index contributed by atoms with van der Waals surface area (Å²) < 4.78 is 21.9. The van der Waals surface area contributed by atoms with Crippen molar-refractivity contribution >= 4 is 43.0 Å². The van der Waals surface area contributed by atoms with E-state index in [1.165, 1.54) is 16.8 Å². The molecule has 15 heavy (non-hydrogen) atoms. The molecule has 0 spiro atoms. The summed E-state index contributed by atoms with van der Waals surface area (Å²) in [5, 5.41) is 0.175. The summed E-state index contributed by atoms with van der Waals surface area (Å²) in [5.74, 6) is -0.705. The van der Waals surface area contributed by atoms with Crippen molar-refractivity contribution in [3.8, 4) is 0 Å². The van der Waals surface area contributed by atoms with Crippen LogP contribution in [0.1, 0.15) is 13.8 Å². The first kappa shape index (κ1) is 12.7. The lowest BCUT2D eigenvalue weighted by molar-refractivity contribution is -0.130. The molecule has 0 aromatic rings. The van der Waals surface area contributed by atoms with E-state index in [2.05, 4.69) is 0 Å². The molecule has 1 fully saturated rings. The summed E-state index contributed by atoms with van der Waals surface area (Å²) in [4.78, 5) is 14.2. The van der Waals surface area contributed by atoms with Gasteiger partial charge in [0.1, 0.15) is 11.4 Å². The van der Waals surface area contributed by atoms with Crippen LogP contribution in [-0.4, -0.2) is 47.7 Å². The van der Waals surface area contributed by atoms with Gasteiger partial charge in [0.05, 0.1) is 0 Å². The van der Waals surface area contributed by atoms with Crippen molar-refractivity contribution < 1.29 is 13.2 Å². The van der Waals surface area contributed by atoms with Gasteiger partial charge in [0.25, 0.3) is 15.0 Å². The molecular weight excluding hydrogens is 260 g/mol. The van der Waals surface area contributed by atoms with Crippen LogP contribution in [0.25, 0.3) is 0 Å². The van der Waals surface area contributed by atoms with E-state index >= 15 is 0 Å². The van der Waals surface area contributed by atoms with E-state index in [-0.39, 0.29) is 11.0 Å². The van der Waals surface area contributed by atoms with Crippen LogP contribution in [0.4, 0.5) is 0 Å². The van der Waals surface area contributed by atoms with Crippen molar-refractivity contribution in [1.29, 1.82) is 0 Å². The minimum atomic E-state index is -3.73. The Bertz CT molecular complexity index is 418. The Kier molecular flexibility index (Phi) is 3.01. The second kappa shape index (κ2) is 3.57. The molecule has 1 rings (SSSR count). The van der Waals surface area contributed by atoms with Crippen LogP contribution < -0.4 is 0 Å². The maximum atomic E-state index is 11.7. The molecule has 0 saturated carbocycles. The van der Waals surface area contributed by atoms with E-state index in [0.717, 1.165) is 0 Å². The van der Waals surface area contributed by atoms with Gasteiger partial charge in [-0.15, -0.1) is 0 Å². The second-order valence-corrected chi connectivity index (χ2v) is 6.91. The lowest BCUT2D eigenvalue weighted by Gasteiger charge is -2.27. The van der Waals surface area contributed by atoms with Gasteiger partial charge in [-0.05, 0) is 26.1 Å². The first-order valence-electron chi connectivity index (χ1n) is 4.09. The zero-order valence-corrected chi connectivity index (χ0v) is 10.9. The number of hydrogen-bond donors (Lipinski definition) is 0. The monoisotopic (exact) mass is 270 g/mol. The molecule has 0 aliphatic carbocycles. The Morgan fingerprint density at radius 1 is 1.47 bits per heavy atom. The topological polar surface area (TPSA) is 57.7 Å². The first-order chi connectivity index (χ1) is 6.57. The van der Waals surface area contributed by atoms with Crippen LogP contribution in [0.2, 0.25) is 0 Å². The minimum Gasteiger partial charge on any atom is -0.319 e. The van der Waals surface area contributed by atoms with Crippen molar-refractivity contribution in [2.24, 2.45) is 0 Å². The number of likely N-dealkylation sites (N-methyl/N-ethyl adjacent to an activating group) is 1. The second-order valence-electron chi connectivity index (χ2n) is 3.80. The summed E-state index contributed by atoms with van der Waals surface area (Å²) in [6, 6.07) is 0. The van der Waals surface area contributed by atoms with Crippen molar-refractivity contribution in [3.05, 3.63) is 0 Å². The normalized spacial score (nSPS) is 21.3. The Morgan fingerprint density at radius 3 is 2.20 bits per heavy atom. The van der Waals surface area contributed by atoms with Crippen LogP contribution in [0.3, 0.4) is 0 Å². The molecule has 86 valence electrons. The number of rotatable bonds is 2. The molecule has 8 heteroatoms. The number of carbonyl (C=O) groups excluding carboxylic acids is 1. The third-order valence-electron chi connectivity index (χ3n) is 2.30. The lowest BCUT2D eigenvalue weighted by atomic mass is 10.1.